The summed E-state index contributed by atoms with van der Waals surface area (Å²) in [5, 5.41) is 2.34. The van der Waals surface area contributed by atoms with E-state index in [4.69, 9.17) is 0 Å². The highest BCUT2D eigenvalue weighted by Crippen LogP contribution is 2.19. The van der Waals surface area contributed by atoms with E-state index in [1.54, 1.807) is 6.08 Å². The molecule has 1 N–H and O–H groups in total. The largest absolute Gasteiger partial charge is 0.329 e. The molecule has 0 unspecified atom stereocenters. The lowest BCUT2D eigenvalue weighted by Crippen LogP contribution is -2.27. The minimum atomic E-state index is -0.383. The smallest absolute Gasteiger partial charge is 0.284 e. The molecular formula is C21H26N2O2. The molecular weight excluding hydrogens is 312 g/mol. The van der Waals surface area contributed by atoms with E-state index in [-0.39, 0.29) is 11.9 Å². The van der Waals surface area contributed by atoms with Crippen LogP contribution in [0.5, 0.6) is 0 Å². The van der Waals surface area contributed by atoms with Crippen LogP contribution in [0.1, 0.15) is 38.8 Å². The predicted octanol–water partition coefficient (Wildman–Crippen LogP) is 4.83. The van der Waals surface area contributed by atoms with Gasteiger partial charge >= 0.3 is 6.03 Å². The van der Waals surface area contributed by atoms with E-state index in [2.05, 4.69) is 5.32 Å². The molecule has 1 aliphatic heterocycles. The highest BCUT2D eigenvalue weighted by molar-refractivity contribution is 6.13. The van der Waals surface area contributed by atoms with Gasteiger partial charge in [0.25, 0.3) is 5.91 Å². The van der Waals surface area contributed by atoms with Crippen molar-refractivity contribution >= 4 is 18.0 Å². The topological polar surface area (TPSA) is 49.4 Å². The fourth-order valence-corrected chi connectivity index (χ4v) is 2.23. The SMILES string of the molecule is CC.CC.O=C1NC(=O)N(Cc2ccccc2)/C1=C/c1ccccc1. The van der Waals surface area contributed by atoms with Crippen molar-refractivity contribution in [1.82, 2.24) is 10.2 Å². The second-order valence-electron chi connectivity index (χ2n) is 4.77. The lowest BCUT2D eigenvalue weighted by atomic mass is 10.1. The third kappa shape index (κ3) is 5.60. The molecule has 0 bridgehead atoms. The predicted molar refractivity (Wildman–Crippen MR) is 103 cm³/mol. The van der Waals surface area contributed by atoms with Gasteiger partial charge in [-0.1, -0.05) is 88.4 Å². The molecule has 0 spiro atoms. The number of nitrogens with one attached hydrogen (secondary N) is 1. The van der Waals surface area contributed by atoms with E-state index in [9.17, 15) is 9.59 Å². The van der Waals surface area contributed by atoms with E-state index < -0.39 is 0 Å². The minimum Gasteiger partial charge on any atom is -0.284 e. The van der Waals surface area contributed by atoms with Crippen LogP contribution in [0.4, 0.5) is 4.79 Å². The zero-order valence-electron chi connectivity index (χ0n) is 15.3. The van der Waals surface area contributed by atoms with Crippen molar-refractivity contribution in [3.8, 4) is 0 Å². The van der Waals surface area contributed by atoms with Crippen molar-refractivity contribution in [2.75, 3.05) is 0 Å². The number of urea groups is 1. The Morgan fingerprint density at radius 1 is 0.840 bits per heavy atom. The number of benzene rings is 2. The van der Waals surface area contributed by atoms with Gasteiger partial charge in [0.2, 0.25) is 0 Å². The first kappa shape index (κ1) is 20.2. The Morgan fingerprint density at radius 2 is 1.36 bits per heavy atom. The normalized spacial score (nSPS) is 14.2. The van der Waals surface area contributed by atoms with Crippen LogP contribution in [-0.2, 0) is 11.3 Å². The molecule has 0 saturated carbocycles. The van der Waals surface area contributed by atoms with Crippen molar-refractivity contribution in [1.29, 1.82) is 0 Å². The lowest BCUT2D eigenvalue weighted by Gasteiger charge is -2.15. The summed E-state index contributed by atoms with van der Waals surface area (Å²) in [6, 6.07) is 18.7. The van der Waals surface area contributed by atoms with Gasteiger partial charge in [-0.3, -0.25) is 15.0 Å². The molecule has 3 amide bonds. The van der Waals surface area contributed by atoms with E-state index in [1.165, 1.54) is 4.90 Å². The van der Waals surface area contributed by atoms with Crippen molar-refractivity contribution in [2.24, 2.45) is 0 Å². The van der Waals surface area contributed by atoms with Crippen LogP contribution in [0.3, 0.4) is 0 Å². The first-order valence-electron chi connectivity index (χ1n) is 8.67. The molecule has 0 radical (unpaired) electrons. The molecule has 2 aromatic rings. The first-order valence-corrected chi connectivity index (χ1v) is 8.67. The summed E-state index contributed by atoms with van der Waals surface area (Å²) in [6.07, 6.45) is 1.73. The third-order valence-electron chi connectivity index (χ3n) is 3.28. The van der Waals surface area contributed by atoms with Gasteiger partial charge in [-0.2, -0.15) is 0 Å². The summed E-state index contributed by atoms with van der Waals surface area (Å²) in [7, 11) is 0. The number of hydrogen-bond acceptors (Lipinski definition) is 2. The van der Waals surface area contributed by atoms with Crippen LogP contribution < -0.4 is 5.32 Å². The van der Waals surface area contributed by atoms with Gasteiger partial charge in [0.1, 0.15) is 5.70 Å². The summed E-state index contributed by atoms with van der Waals surface area (Å²) >= 11 is 0. The molecule has 1 aliphatic rings. The summed E-state index contributed by atoms with van der Waals surface area (Å²) in [6.45, 7) is 8.37. The number of carbonyl (C=O) groups excluding carboxylic acids is 2. The maximum absolute atomic E-state index is 11.9. The van der Waals surface area contributed by atoms with Crippen molar-refractivity contribution < 1.29 is 9.59 Å². The summed E-state index contributed by atoms with van der Waals surface area (Å²) in [5.74, 6) is -0.361. The molecule has 132 valence electrons. The zero-order chi connectivity index (χ0) is 18.7. The quantitative estimate of drug-likeness (QED) is 0.643. The summed E-state index contributed by atoms with van der Waals surface area (Å²) in [5.41, 5.74) is 2.23. The van der Waals surface area contributed by atoms with Crippen LogP contribution in [-0.4, -0.2) is 16.8 Å². The number of nitrogens with zero attached hydrogens (tertiary/aromatic N) is 1. The van der Waals surface area contributed by atoms with Crippen molar-refractivity contribution in [3.63, 3.8) is 0 Å². The molecule has 0 aromatic heterocycles. The van der Waals surface area contributed by atoms with Gasteiger partial charge in [0, 0.05) is 0 Å². The van der Waals surface area contributed by atoms with Gasteiger partial charge in [-0.25, -0.2) is 4.79 Å². The zero-order valence-corrected chi connectivity index (χ0v) is 15.3. The maximum Gasteiger partial charge on any atom is 0.329 e. The molecule has 3 rings (SSSR count). The molecule has 0 aliphatic carbocycles. The van der Waals surface area contributed by atoms with Gasteiger partial charge in [-0.15, -0.1) is 0 Å². The number of carbonyl (C=O) groups is 2. The number of hydrogen-bond donors (Lipinski definition) is 1. The Hall–Kier alpha value is -2.88. The summed E-state index contributed by atoms with van der Waals surface area (Å²) < 4.78 is 0. The molecule has 2 aromatic carbocycles. The number of rotatable bonds is 3. The van der Waals surface area contributed by atoms with Gasteiger partial charge in [0.15, 0.2) is 0 Å². The van der Waals surface area contributed by atoms with Crippen molar-refractivity contribution in [3.05, 3.63) is 77.5 Å². The van der Waals surface area contributed by atoms with Crippen LogP contribution in [0.25, 0.3) is 6.08 Å². The van der Waals surface area contributed by atoms with Gasteiger partial charge < -0.3 is 0 Å². The molecule has 0 atom stereocenters. The molecule has 4 heteroatoms. The van der Waals surface area contributed by atoms with Crippen LogP contribution in [0.15, 0.2) is 66.4 Å². The average Bonchev–Trinajstić information content (AvgIpc) is 2.94. The number of amides is 3. The fraction of sp³-hybridized carbons (Fsp3) is 0.238. The van der Waals surface area contributed by atoms with E-state index in [0.29, 0.717) is 12.2 Å². The van der Waals surface area contributed by atoms with E-state index in [0.717, 1.165) is 11.1 Å². The Labute approximate surface area is 150 Å². The standard InChI is InChI=1S/C17H14N2O2.2C2H6/c20-16-15(11-13-7-3-1-4-8-13)19(17(21)18-16)12-14-9-5-2-6-10-14;2*1-2/h1-11H,12H2,(H,18,20,21);2*1-2H3/b15-11+;;. The van der Waals surface area contributed by atoms with E-state index in [1.807, 2.05) is 88.4 Å². The van der Waals surface area contributed by atoms with E-state index >= 15 is 0 Å². The molecule has 25 heavy (non-hydrogen) atoms. The Morgan fingerprint density at radius 3 is 1.92 bits per heavy atom. The summed E-state index contributed by atoms with van der Waals surface area (Å²) in [4.78, 5) is 25.4. The molecule has 1 saturated heterocycles. The molecule has 4 nitrogen and oxygen atoms in total. The highest BCUT2D eigenvalue weighted by atomic mass is 16.2. The Balaban J connectivity index is 0.000000730. The highest BCUT2D eigenvalue weighted by Gasteiger charge is 2.32. The third-order valence-corrected chi connectivity index (χ3v) is 3.28. The van der Waals surface area contributed by atoms with Crippen molar-refractivity contribution in [2.45, 2.75) is 34.2 Å². The first-order chi connectivity index (χ1) is 12.2. The van der Waals surface area contributed by atoms with Crippen LogP contribution >= 0.6 is 0 Å². The maximum atomic E-state index is 11.9. The average molecular weight is 338 g/mol. The second-order valence-corrected chi connectivity index (χ2v) is 4.77. The lowest BCUT2D eigenvalue weighted by molar-refractivity contribution is -0.116. The Kier molecular flexibility index (Phi) is 8.72. The Bertz CT molecular complexity index is 694. The van der Waals surface area contributed by atoms with Crippen LogP contribution in [0, 0.1) is 0 Å². The molecule has 1 heterocycles. The second kappa shape index (κ2) is 10.8. The molecule has 1 fully saturated rings. The monoisotopic (exact) mass is 338 g/mol. The number of imide groups is 1. The van der Waals surface area contributed by atoms with Crippen LogP contribution in [0.2, 0.25) is 0 Å². The minimum absolute atomic E-state index is 0.361. The fourth-order valence-electron chi connectivity index (χ4n) is 2.23. The van der Waals surface area contributed by atoms with Gasteiger partial charge in [0.05, 0.1) is 6.54 Å². The van der Waals surface area contributed by atoms with Gasteiger partial charge in [-0.05, 0) is 17.2 Å².